The lowest BCUT2D eigenvalue weighted by Crippen LogP contribution is -2.63. The van der Waals surface area contributed by atoms with E-state index in [1.54, 1.807) is 7.05 Å². The highest BCUT2D eigenvalue weighted by atomic mass is 127. The first kappa shape index (κ1) is 25.4. The highest BCUT2D eigenvalue weighted by Gasteiger charge is 2.49. The third-order valence-corrected chi connectivity index (χ3v) is 4.91. The van der Waals surface area contributed by atoms with Crippen LogP contribution in [-0.2, 0) is 9.53 Å². The van der Waals surface area contributed by atoms with Gasteiger partial charge in [-0.1, -0.05) is 48.0 Å². The summed E-state index contributed by atoms with van der Waals surface area (Å²) in [5.41, 5.74) is -0.269. The first-order chi connectivity index (χ1) is 11.6. The van der Waals surface area contributed by atoms with Crippen LogP contribution in [0.3, 0.4) is 0 Å². The molecule has 0 aliphatic heterocycles. The van der Waals surface area contributed by atoms with Crippen molar-refractivity contribution in [3.8, 4) is 0 Å². The van der Waals surface area contributed by atoms with Gasteiger partial charge in [0.15, 0.2) is 5.96 Å². The monoisotopic (exact) mass is 482 g/mol. The molecular weight excluding hydrogens is 443 g/mol. The van der Waals surface area contributed by atoms with Crippen molar-refractivity contribution in [1.82, 2.24) is 16.0 Å². The van der Waals surface area contributed by atoms with Gasteiger partial charge in [0, 0.05) is 43.6 Å². The Morgan fingerprint density at radius 3 is 2.35 bits per heavy atom. The van der Waals surface area contributed by atoms with Crippen LogP contribution in [0.5, 0.6) is 0 Å². The Balaban J connectivity index is 0.00000625. The summed E-state index contributed by atoms with van der Waals surface area (Å²) in [6.07, 6.45) is 3.59. The Labute approximate surface area is 176 Å². The summed E-state index contributed by atoms with van der Waals surface area (Å²) < 4.78 is 5.99. The van der Waals surface area contributed by atoms with Gasteiger partial charge in [-0.25, -0.2) is 0 Å². The fraction of sp³-hybridized carbons (Fsp3) is 0.895. The Bertz CT molecular complexity index is 461. The molecule has 1 amide bonds. The SMILES string of the molecule is CCCCOC1CC(NC(=NC)NCCNC(=O)C(C)(C)C)C1(C)C.I. The van der Waals surface area contributed by atoms with Crippen molar-refractivity contribution in [2.24, 2.45) is 15.8 Å². The van der Waals surface area contributed by atoms with Gasteiger partial charge in [-0.2, -0.15) is 0 Å². The molecule has 0 bridgehead atoms. The van der Waals surface area contributed by atoms with E-state index in [0.717, 1.165) is 31.8 Å². The number of halogens is 1. The van der Waals surface area contributed by atoms with Crippen molar-refractivity contribution in [3.63, 3.8) is 0 Å². The number of rotatable bonds is 8. The predicted octanol–water partition coefficient (Wildman–Crippen LogP) is 2.92. The maximum absolute atomic E-state index is 11.8. The van der Waals surface area contributed by atoms with Crippen LogP contribution < -0.4 is 16.0 Å². The van der Waals surface area contributed by atoms with E-state index < -0.39 is 0 Å². The number of carbonyl (C=O) groups is 1. The number of amides is 1. The molecule has 0 aromatic heterocycles. The molecule has 1 saturated carbocycles. The van der Waals surface area contributed by atoms with E-state index in [4.69, 9.17) is 4.74 Å². The molecule has 1 fully saturated rings. The van der Waals surface area contributed by atoms with E-state index in [0.29, 0.717) is 25.2 Å². The molecule has 0 spiro atoms. The summed E-state index contributed by atoms with van der Waals surface area (Å²) in [6, 6.07) is 0.342. The number of aliphatic imine (C=N–C) groups is 1. The van der Waals surface area contributed by atoms with E-state index in [1.165, 1.54) is 0 Å². The van der Waals surface area contributed by atoms with Gasteiger partial charge in [0.25, 0.3) is 0 Å². The second kappa shape index (κ2) is 11.3. The lowest BCUT2D eigenvalue weighted by Gasteiger charge is -2.52. The smallest absolute Gasteiger partial charge is 0.225 e. The maximum Gasteiger partial charge on any atom is 0.225 e. The first-order valence-corrected chi connectivity index (χ1v) is 9.50. The first-order valence-electron chi connectivity index (χ1n) is 9.50. The lowest BCUT2D eigenvalue weighted by molar-refractivity contribution is -0.128. The summed E-state index contributed by atoms with van der Waals surface area (Å²) in [6.45, 7) is 14.5. The molecule has 2 atom stereocenters. The highest BCUT2D eigenvalue weighted by molar-refractivity contribution is 14.0. The molecule has 1 rings (SSSR count). The van der Waals surface area contributed by atoms with E-state index >= 15 is 0 Å². The molecule has 154 valence electrons. The lowest BCUT2D eigenvalue weighted by atomic mass is 9.64. The Hall–Kier alpha value is -0.570. The molecule has 1 aliphatic carbocycles. The van der Waals surface area contributed by atoms with Crippen LogP contribution in [0.2, 0.25) is 0 Å². The molecule has 7 heteroatoms. The molecule has 0 saturated heterocycles. The molecule has 6 nitrogen and oxygen atoms in total. The minimum absolute atomic E-state index is 0. The quantitative estimate of drug-likeness (QED) is 0.215. The highest BCUT2D eigenvalue weighted by Crippen LogP contribution is 2.42. The molecule has 1 aliphatic rings. The number of unbranched alkanes of at least 4 members (excludes halogenated alkanes) is 1. The predicted molar refractivity (Wildman–Crippen MR) is 119 cm³/mol. The van der Waals surface area contributed by atoms with Crippen LogP contribution in [0.4, 0.5) is 0 Å². The van der Waals surface area contributed by atoms with Gasteiger partial charge in [-0.3, -0.25) is 9.79 Å². The van der Waals surface area contributed by atoms with E-state index in [1.807, 2.05) is 20.8 Å². The van der Waals surface area contributed by atoms with Crippen molar-refractivity contribution in [2.75, 3.05) is 26.7 Å². The molecule has 0 heterocycles. The normalized spacial score (nSPS) is 22.0. The van der Waals surface area contributed by atoms with Crippen LogP contribution in [0.15, 0.2) is 4.99 Å². The molecule has 0 radical (unpaired) electrons. The number of guanidine groups is 1. The summed E-state index contributed by atoms with van der Waals surface area (Å²) in [4.78, 5) is 16.1. The van der Waals surface area contributed by atoms with Crippen molar-refractivity contribution >= 4 is 35.8 Å². The Morgan fingerprint density at radius 1 is 1.23 bits per heavy atom. The summed E-state index contributed by atoms with van der Waals surface area (Å²) in [5, 5.41) is 9.67. The average Bonchev–Trinajstić information content (AvgIpc) is 2.54. The molecule has 0 aromatic carbocycles. The number of nitrogens with one attached hydrogen (secondary N) is 3. The number of hydrogen-bond acceptors (Lipinski definition) is 3. The maximum atomic E-state index is 11.8. The van der Waals surface area contributed by atoms with Crippen molar-refractivity contribution in [3.05, 3.63) is 0 Å². The molecule has 0 aromatic rings. The van der Waals surface area contributed by atoms with Crippen LogP contribution in [0.25, 0.3) is 0 Å². The second-order valence-corrected chi connectivity index (χ2v) is 8.47. The van der Waals surface area contributed by atoms with Gasteiger partial charge < -0.3 is 20.7 Å². The van der Waals surface area contributed by atoms with Gasteiger partial charge in [0.05, 0.1) is 6.10 Å². The van der Waals surface area contributed by atoms with Crippen LogP contribution >= 0.6 is 24.0 Å². The fourth-order valence-corrected chi connectivity index (χ4v) is 2.76. The largest absolute Gasteiger partial charge is 0.378 e. The molecule has 3 N–H and O–H groups in total. The zero-order valence-electron chi connectivity index (χ0n) is 17.6. The minimum Gasteiger partial charge on any atom is -0.378 e. The number of carbonyl (C=O) groups excluding carboxylic acids is 1. The van der Waals surface area contributed by atoms with E-state index in [2.05, 4.69) is 41.7 Å². The third kappa shape index (κ3) is 7.58. The summed E-state index contributed by atoms with van der Waals surface area (Å²) in [7, 11) is 1.77. The van der Waals surface area contributed by atoms with E-state index in [-0.39, 0.29) is 40.7 Å². The van der Waals surface area contributed by atoms with E-state index in [9.17, 15) is 4.79 Å². The van der Waals surface area contributed by atoms with Crippen LogP contribution in [0, 0.1) is 10.8 Å². The fourth-order valence-electron chi connectivity index (χ4n) is 2.76. The Kier molecular flexibility index (Phi) is 11.1. The average molecular weight is 482 g/mol. The van der Waals surface area contributed by atoms with Crippen molar-refractivity contribution in [1.29, 1.82) is 0 Å². The van der Waals surface area contributed by atoms with Gasteiger partial charge in [0.1, 0.15) is 0 Å². The van der Waals surface area contributed by atoms with Gasteiger partial charge >= 0.3 is 0 Å². The van der Waals surface area contributed by atoms with Crippen molar-refractivity contribution < 1.29 is 9.53 Å². The van der Waals surface area contributed by atoms with Crippen LogP contribution in [-0.4, -0.2) is 50.8 Å². The topological polar surface area (TPSA) is 74.8 Å². The van der Waals surface area contributed by atoms with Gasteiger partial charge in [0.2, 0.25) is 5.91 Å². The third-order valence-electron chi connectivity index (χ3n) is 4.91. The van der Waals surface area contributed by atoms with Crippen molar-refractivity contribution in [2.45, 2.75) is 73.0 Å². The second-order valence-electron chi connectivity index (χ2n) is 8.47. The zero-order valence-corrected chi connectivity index (χ0v) is 19.9. The number of ether oxygens (including phenoxy) is 1. The number of nitrogens with zero attached hydrogens (tertiary/aromatic N) is 1. The minimum atomic E-state index is -0.358. The van der Waals surface area contributed by atoms with Crippen LogP contribution in [0.1, 0.15) is 60.8 Å². The molecule has 26 heavy (non-hydrogen) atoms. The number of hydrogen-bond donors (Lipinski definition) is 3. The molecular formula is C19H39IN4O2. The summed E-state index contributed by atoms with van der Waals surface area (Å²) >= 11 is 0. The standard InChI is InChI=1S/C19H38N4O2.HI/c1-8-9-12-25-15-13-14(19(15,5)6)23-17(20-7)22-11-10-21-16(24)18(2,3)4;/h14-15H,8-13H2,1-7H3,(H,21,24)(H2,20,22,23);1H. The summed E-state index contributed by atoms with van der Waals surface area (Å²) in [5.74, 6) is 0.833. The zero-order chi connectivity index (χ0) is 19.1. The van der Waals surface area contributed by atoms with Gasteiger partial charge in [-0.15, -0.1) is 24.0 Å². The van der Waals surface area contributed by atoms with Gasteiger partial charge in [-0.05, 0) is 12.8 Å². The molecule has 2 unspecified atom stereocenters. The Morgan fingerprint density at radius 2 is 1.85 bits per heavy atom.